The van der Waals surface area contributed by atoms with Crippen LogP contribution in [0.2, 0.25) is 0 Å². The molecule has 0 spiro atoms. The van der Waals surface area contributed by atoms with Crippen LogP contribution in [-0.2, 0) is 12.8 Å². The number of hydrogen-bond acceptors (Lipinski definition) is 2. The highest BCUT2D eigenvalue weighted by molar-refractivity contribution is 5.95. The SMILES string of the molecule is COc1ccc2[nH]c3c(c2c1)CC(NC(=O)c1ccc(F)cc1F)C3. The number of benzene rings is 2. The highest BCUT2D eigenvalue weighted by atomic mass is 19.1. The van der Waals surface area contributed by atoms with E-state index in [1.165, 1.54) is 0 Å². The smallest absolute Gasteiger partial charge is 0.254 e. The first-order chi connectivity index (χ1) is 12.0. The van der Waals surface area contributed by atoms with Gasteiger partial charge in [-0.2, -0.15) is 0 Å². The number of rotatable bonds is 3. The topological polar surface area (TPSA) is 54.1 Å². The molecule has 0 saturated heterocycles. The number of ether oxygens (including phenoxy) is 1. The predicted molar refractivity (Wildman–Crippen MR) is 89.9 cm³/mol. The van der Waals surface area contributed by atoms with Crippen molar-refractivity contribution in [3.8, 4) is 5.75 Å². The number of carbonyl (C=O) groups is 1. The molecule has 1 aliphatic rings. The van der Waals surface area contributed by atoms with E-state index in [2.05, 4.69) is 10.3 Å². The van der Waals surface area contributed by atoms with Gasteiger partial charge in [-0.15, -0.1) is 0 Å². The number of methoxy groups -OCH3 is 1. The van der Waals surface area contributed by atoms with Gasteiger partial charge in [0.2, 0.25) is 0 Å². The highest BCUT2D eigenvalue weighted by Gasteiger charge is 2.27. The van der Waals surface area contributed by atoms with Crippen molar-refractivity contribution in [3.63, 3.8) is 0 Å². The number of fused-ring (bicyclic) bond motifs is 3. The van der Waals surface area contributed by atoms with Gasteiger partial charge in [0.25, 0.3) is 5.91 Å². The number of halogens is 2. The molecule has 25 heavy (non-hydrogen) atoms. The zero-order chi connectivity index (χ0) is 17.6. The molecular weight excluding hydrogens is 326 g/mol. The van der Waals surface area contributed by atoms with Crippen molar-refractivity contribution in [2.45, 2.75) is 18.9 Å². The largest absolute Gasteiger partial charge is 0.497 e. The molecule has 1 aromatic heterocycles. The van der Waals surface area contributed by atoms with Crippen LogP contribution >= 0.6 is 0 Å². The summed E-state index contributed by atoms with van der Waals surface area (Å²) in [4.78, 5) is 15.6. The maximum absolute atomic E-state index is 13.7. The average Bonchev–Trinajstić information content (AvgIpc) is 3.11. The van der Waals surface area contributed by atoms with Gasteiger partial charge in [-0.25, -0.2) is 8.78 Å². The summed E-state index contributed by atoms with van der Waals surface area (Å²) in [5.41, 5.74) is 3.08. The van der Waals surface area contributed by atoms with Crippen molar-refractivity contribution in [1.82, 2.24) is 10.3 Å². The lowest BCUT2D eigenvalue weighted by molar-refractivity contribution is 0.0934. The first-order valence-corrected chi connectivity index (χ1v) is 7.98. The van der Waals surface area contributed by atoms with Crippen LogP contribution in [0.25, 0.3) is 10.9 Å². The van der Waals surface area contributed by atoms with Crippen molar-refractivity contribution in [3.05, 3.63) is 64.9 Å². The first kappa shape index (κ1) is 15.6. The Kier molecular flexibility index (Phi) is 3.67. The molecule has 2 aromatic carbocycles. The van der Waals surface area contributed by atoms with Gasteiger partial charge in [0, 0.05) is 35.1 Å². The van der Waals surface area contributed by atoms with Crippen LogP contribution < -0.4 is 10.1 Å². The summed E-state index contributed by atoms with van der Waals surface area (Å²) in [5, 5.41) is 3.90. The van der Waals surface area contributed by atoms with E-state index in [4.69, 9.17) is 4.74 Å². The predicted octanol–water partition coefficient (Wildman–Crippen LogP) is 3.35. The Morgan fingerprint density at radius 3 is 2.80 bits per heavy atom. The Hall–Kier alpha value is -2.89. The highest BCUT2D eigenvalue weighted by Crippen LogP contribution is 2.32. The summed E-state index contributed by atoms with van der Waals surface area (Å²) in [6, 6.07) is 8.65. The summed E-state index contributed by atoms with van der Waals surface area (Å²) in [5.74, 6) is -1.32. The monoisotopic (exact) mass is 342 g/mol. The molecule has 0 aliphatic heterocycles. The summed E-state index contributed by atoms with van der Waals surface area (Å²) in [6.07, 6.45) is 1.29. The summed E-state index contributed by atoms with van der Waals surface area (Å²) in [7, 11) is 1.62. The fraction of sp³-hybridized carbons (Fsp3) is 0.211. The van der Waals surface area contributed by atoms with E-state index in [1.807, 2.05) is 18.2 Å². The van der Waals surface area contributed by atoms with Crippen LogP contribution in [-0.4, -0.2) is 24.0 Å². The van der Waals surface area contributed by atoms with Crippen LogP contribution in [0, 0.1) is 11.6 Å². The quantitative estimate of drug-likeness (QED) is 0.767. The fourth-order valence-corrected chi connectivity index (χ4v) is 3.42. The molecular formula is C19H16F2N2O2. The fourth-order valence-electron chi connectivity index (χ4n) is 3.42. The lowest BCUT2D eigenvalue weighted by atomic mass is 10.1. The van der Waals surface area contributed by atoms with Crippen molar-refractivity contribution in [2.75, 3.05) is 7.11 Å². The second-order valence-electron chi connectivity index (χ2n) is 6.20. The number of carbonyl (C=O) groups excluding carboxylic acids is 1. The van der Waals surface area contributed by atoms with E-state index in [-0.39, 0.29) is 11.6 Å². The summed E-state index contributed by atoms with van der Waals surface area (Å²) >= 11 is 0. The van der Waals surface area contributed by atoms with Crippen molar-refractivity contribution >= 4 is 16.8 Å². The number of H-pyrrole nitrogens is 1. The minimum atomic E-state index is -0.857. The van der Waals surface area contributed by atoms with Gasteiger partial charge in [-0.3, -0.25) is 4.79 Å². The van der Waals surface area contributed by atoms with Gasteiger partial charge in [-0.05, 0) is 42.3 Å². The van der Waals surface area contributed by atoms with Crippen molar-refractivity contribution in [2.24, 2.45) is 0 Å². The normalized spacial score (nSPS) is 16.0. The summed E-state index contributed by atoms with van der Waals surface area (Å²) < 4.78 is 32.0. The Bertz CT molecular complexity index is 981. The average molecular weight is 342 g/mol. The summed E-state index contributed by atoms with van der Waals surface area (Å²) in [6.45, 7) is 0. The molecule has 128 valence electrons. The molecule has 1 aliphatic carbocycles. The number of hydrogen-bond donors (Lipinski definition) is 2. The van der Waals surface area contributed by atoms with Gasteiger partial charge in [0.1, 0.15) is 17.4 Å². The van der Waals surface area contributed by atoms with E-state index in [1.54, 1.807) is 7.11 Å². The van der Waals surface area contributed by atoms with Gasteiger partial charge >= 0.3 is 0 Å². The number of aromatic nitrogens is 1. The molecule has 0 radical (unpaired) electrons. The molecule has 0 fully saturated rings. The zero-order valence-electron chi connectivity index (χ0n) is 13.5. The molecule has 1 atom stereocenters. The van der Waals surface area contributed by atoms with E-state index in [0.717, 1.165) is 40.0 Å². The van der Waals surface area contributed by atoms with Crippen molar-refractivity contribution < 1.29 is 18.3 Å². The van der Waals surface area contributed by atoms with Gasteiger partial charge in [0.15, 0.2) is 0 Å². The van der Waals surface area contributed by atoms with Crippen LogP contribution in [0.5, 0.6) is 5.75 Å². The lowest BCUT2D eigenvalue weighted by Gasteiger charge is -2.13. The van der Waals surface area contributed by atoms with E-state index >= 15 is 0 Å². The molecule has 1 heterocycles. The third kappa shape index (κ3) is 2.73. The van der Waals surface area contributed by atoms with Crippen LogP contribution in [0.15, 0.2) is 36.4 Å². The molecule has 3 aromatic rings. The molecule has 4 rings (SSSR count). The second kappa shape index (κ2) is 5.88. The van der Waals surface area contributed by atoms with E-state index in [9.17, 15) is 13.6 Å². The number of amides is 1. The molecule has 6 heteroatoms. The third-order valence-electron chi connectivity index (χ3n) is 4.61. The Balaban J connectivity index is 1.54. The minimum Gasteiger partial charge on any atom is -0.497 e. The molecule has 2 N–H and O–H groups in total. The van der Waals surface area contributed by atoms with Crippen LogP contribution in [0.3, 0.4) is 0 Å². The van der Waals surface area contributed by atoms with E-state index < -0.39 is 17.5 Å². The molecule has 0 bridgehead atoms. The van der Waals surface area contributed by atoms with Gasteiger partial charge < -0.3 is 15.0 Å². The molecule has 0 saturated carbocycles. The lowest BCUT2D eigenvalue weighted by Crippen LogP contribution is -2.36. The van der Waals surface area contributed by atoms with Crippen LogP contribution in [0.4, 0.5) is 8.78 Å². The maximum Gasteiger partial charge on any atom is 0.254 e. The van der Waals surface area contributed by atoms with Gasteiger partial charge in [-0.1, -0.05) is 0 Å². The number of nitrogens with one attached hydrogen (secondary N) is 2. The second-order valence-corrected chi connectivity index (χ2v) is 6.20. The Labute approximate surface area is 142 Å². The number of aromatic amines is 1. The first-order valence-electron chi connectivity index (χ1n) is 7.98. The standard InChI is InChI=1S/C19H16F2N2O2/c1-25-12-3-5-17-15(9-12)14-7-11(8-18(14)23-17)22-19(24)13-4-2-10(20)6-16(13)21/h2-6,9,11,23H,7-8H2,1H3,(H,22,24). The minimum absolute atomic E-state index is 0.131. The van der Waals surface area contributed by atoms with Gasteiger partial charge in [0.05, 0.1) is 12.7 Å². The maximum atomic E-state index is 13.7. The molecule has 1 unspecified atom stereocenters. The third-order valence-corrected chi connectivity index (χ3v) is 4.61. The Morgan fingerprint density at radius 2 is 2.04 bits per heavy atom. The van der Waals surface area contributed by atoms with Crippen molar-refractivity contribution in [1.29, 1.82) is 0 Å². The van der Waals surface area contributed by atoms with Crippen LogP contribution in [0.1, 0.15) is 21.6 Å². The zero-order valence-corrected chi connectivity index (χ0v) is 13.5. The molecule has 4 nitrogen and oxygen atoms in total. The van der Waals surface area contributed by atoms with E-state index in [0.29, 0.717) is 18.9 Å². The Morgan fingerprint density at radius 1 is 1.20 bits per heavy atom. The molecule has 1 amide bonds.